The number of benzene rings is 2. The standard InChI is InChI=1S/C24H19F4N3O4/c1-13-4-7-19(17(25)9-13)31-12-14(10-21(31)32)22(33)30-18-6-5-15(11-16(18)24(26,27)28)29-23(34)20-3-2-8-35-20/h2-9,11,14H,10,12H2,1H3,(H,29,34)(H,30,33). The van der Waals surface area contributed by atoms with Crippen LogP contribution >= 0.6 is 0 Å². The van der Waals surface area contributed by atoms with E-state index in [0.29, 0.717) is 11.6 Å². The van der Waals surface area contributed by atoms with Gasteiger partial charge >= 0.3 is 6.18 Å². The van der Waals surface area contributed by atoms with Gasteiger partial charge in [0.15, 0.2) is 5.76 Å². The summed E-state index contributed by atoms with van der Waals surface area (Å²) in [5, 5.41) is 4.52. The van der Waals surface area contributed by atoms with Gasteiger partial charge in [-0.2, -0.15) is 13.2 Å². The quantitative estimate of drug-likeness (QED) is 0.494. The molecule has 2 aromatic carbocycles. The minimum Gasteiger partial charge on any atom is -0.459 e. The number of nitrogens with zero attached hydrogens (tertiary/aromatic N) is 1. The highest BCUT2D eigenvalue weighted by molar-refractivity contribution is 6.04. The number of halogens is 4. The zero-order valence-corrected chi connectivity index (χ0v) is 18.3. The molecule has 1 aliphatic rings. The van der Waals surface area contributed by atoms with Gasteiger partial charge in [-0.05, 0) is 55.0 Å². The number of anilines is 3. The van der Waals surface area contributed by atoms with Crippen LogP contribution in [-0.2, 0) is 15.8 Å². The molecule has 2 N–H and O–H groups in total. The molecule has 11 heteroatoms. The Hall–Kier alpha value is -4.15. The first-order valence-electron chi connectivity index (χ1n) is 10.5. The lowest BCUT2D eigenvalue weighted by Gasteiger charge is -2.19. The molecule has 3 amide bonds. The molecule has 35 heavy (non-hydrogen) atoms. The number of aryl methyl sites for hydroxylation is 1. The summed E-state index contributed by atoms with van der Waals surface area (Å²) in [4.78, 5) is 38.3. The van der Waals surface area contributed by atoms with Crippen LogP contribution in [0.1, 0.15) is 28.1 Å². The predicted octanol–water partition coefficient (Wildman–Crippen LogP) is 4.99. The fourth-order valence-corrected chi connectivity index (χ4v) is 3.75. The van der Waals surface area contributed by atoms with Crippen molar-refractivity contribution >= 4 is 34.8 Å². The Morgan fingerprint density at radius 2 is 1.86 bits per heavy atom. The number of furan rings is 1. The van der Waals surface area contributed by atoms with Crippen molar-refractivity contribution in [2.75, 3.05) is 22.1 Å². The van der Waals surface area contributed by atoms with Gasteiger partial charge in [0.1, 0.15) is 5.82 Å². The highest BCUT2D eigenvalue weighted by Gasteiger charge is 2.38. The topological polar surface area (TPSA) is 91.7 Å². The van der Waals surface area contributed by atoms with E-state index in [1.165, 1.54) is 36.6 Å². The lowest BCUT2D eigenvalue weighted by molar-refractivity contribution is -0.137. The third-order valence-corrected chi connectivity index (χ3v) is 5.48. The molecule has 0 aliphatic carbocycles. The van der Waals surface area contributed by atoms with Crippen molar-refractivity contribution in [3.8, 4) is 0 Å². The second-order valence-electron chi connectivity index (χ2n) is 8.04. The molecular weight excluding hydrogens is 470 g/mol. The summed E-state index contributed by atoms with van der Waals surface area (Å²) in [5.74, 6) is -3.77. The number of hydrogen-bond acceptors (Lipinski definition) is 4. The monoisotopic (exact) mass is 489 g/mol. The summed E-state index contributed by atoms with van der Waals surface area (Å²) in [6, 6.07) is 9.97. The van der Waals surface area contributed by atoms with Crippen molar-refractivity contribution in [3.05, 3.63) is 77.5 Å². The summed E-state index contributed by atoms with van der Waals surface area (Å²) < 4.78 is 60.3. The second-order valence-corrected chi connectivity index (χ2v) is 8.04. The van der Waals surface area contributed by atoms with Crippen molar-refractivity contribution in [1.29, 1.82) is 0 Å². The summed E-state index contributed by atoms with van der Waals surface area (Å²) in [6.07, 6.45) is -3.88. The van der Waals surface area contributed by atoms with Gasteiger partial charge in [0, 0.05) is 18.7 Å². The Kier molecular flexibility index (Phi) is 6.33. The van der Waals surface area contributed by atoms with Crippen molar-refractivity contribution in [3.63, 3.8) is 0 Å². The van der Waals surface area contributed by atoms with Crippen molar-refractivity contribution in [1.82, 2.24) is 0 Å². The molecule has 0 spiro atoms. The van der Waals surface area contributed by atoms with E-state index >= 15 is 0 Å². The highest BCUT2D eigenvalue weighted by atomic mass is 19.4. The maximum absolute atomic E-state index is 14.3. The number of carbonyl (C=O) groups is 3. The molecule has 7 nitrogen and oxygen atoms in total. The van der Waals surface area contributed by atoms with Crippen LogP contribution in [0.4, 0.5) is 34.6 Å². The van der Waals surface area contributed by atoms with E-state index in [1.807, 2.05) is 0 Å². The van der Waals surface area contributed by atoms with E-state index in [0.717, 1.165) is 11.0 Å². The van der Waals surface area contributed by atoms with Gasteiger partial charge in [-0.1, -0.05) is 6.07 Å². The van der Waals surface area contributed by atoms with E-state index in [9.17, 15) is 31.9 Å². The van der Waals surface area contributed by atoms with Crippen LogP contribution in [0.5, 0.6) is 0 Å². The molecule has 1 saturated heterocycles. The fourth-order valence-electron chi connectivity index (χ4n) is 3.75. The Morgan fingerprint density at radius 3 is 2.51 bits per heavy atom. The molecule has 4 rings (SSSR count). The van der Waals surface area contributed by atoms with Crippen LogP contribution in [0.25, 0.3) is 0 Å². The summed E-state index contributed by atoms with van der Waals surface area (Å²) in [6.45, 7) is 1.50. The number of alkyl halides is 3. The third-order valence-electron chi connectivity index (χ3n) is 5.48. The molecule has 182 valence electrons. The predicted molar refractivity (Wildman–Crippen MR) is 118 cm³/mol. The van der Waals surface area contributed by atoms with Gasteiger partial charge in [0.05, 0.1) is 29.1 Å². The van der Waals surface area contributed by atoms with Gasteiger partial charge in [0.25, 0.3) is 5.91 Å². The molecule has 0 radical (unpaired) electrons. The van der Waals surface area contributed by atoms with Gasteiger partial charge in [0.2, 0.25) is 11.8 Å². The van der Waals surface area contributed by atoms with Crippen LogP contribution in [0.2, 0.25) is 0 Å². The molecule has 2 heterocycles. The van der Waals surface area contributed by atoms with E-state index in [2.05, 4.69) is 10.6 Å². The second kappa shape index (κ2) is 9.24. The van der Waals surface area contributed by atoms with Crippen LogP contribution in [0.15, 0.2) is 59.2 Å². The largest absolute Gasteiger partial charge is 0.459 e. The van der Waals surface area contributed by atoms with Crippen LogP contribution in [0.3, 0.4) is 0 Å². The van der Waals surface area contributed by atoms with Crippen molar-refractivity contribution in [2.24, 2.45) is 5.92 Å². The SMILES string of the molecule is Cc1ccc(N2CC(C(=O)Nc3ccc(NC(=O)c4ccco4)cc3C(F)(F)F)CC2=O)c(F)c1. The summed E-state index contributed by atoms with van der Waals surface area (Å²) in [5.41, 5.74) is -1.23. The molecule has 1 aliphatic heterocycles. The van der Waals surface area contributed by atoms with Gasteiger partial charge in [-0.25, -0.2) is 4.39 Å². The normalized spacial score (nSPS) is 15.9. The first kappa shape index (κ1) is 24.0. The number of rotatable bonds is 5. The van der Waals surface area contributed by atoms with Crippen LogP contribution in [-0.4, -0.2) is 24.3 Å². The molecule has 0 bridgehead atoms. The van der Waals surface area contributed by atoms with Crippen molar-refractivity contribution < 1.29 is 36.4 Å². The minimum atomic E-state index is -4.85. The first-order valence-corrected chi connectivity index (χ1v) is 10.5. The lowest BCUT2D eigenvalue weighted by Crippen LogP contribution is -2.29. The maximum Gasteiger partial charge on any atom is 0.418 e. The molecule has 0 saturated carbocycles. The van der Waals surface area contributed by atoms with E-state index < -0.39 is 46.9 Å². The molecule has 1 fully saturated rings. The number of hydrogen-bond donors (Lipinski definition) is 2. The Labute approximate surface area is 196 Å². The summed E-state index contributed by atoms with van der Waals surface area (Å²) >= 11 is 0. The number of nitrogens with one attached hydrogen (secondary N) is 2. The zero-order valence-electron chi connectivity index (χ0n) is 18.3. The highest BCUT2D eigenvalue weighted by Crippen LogP contribution is 2.37. The van der Waals surface area contributed by atoms with Gasteiger partial charge in [-0.3, -0.25) is 14.4 Å². The minimum absolute atomic E-state index is 0.00327. The third kappa shape index (κ3) is 5.18. The zero-order chi connectivity index (χ0) is 25.3. The maximum atomic E-state index is 14.3. The average molecular weight is 489 g/mol. The van der Waals surface area contributed by atoms with Crippen LogP contribution < -0.4 is 15.5 Å². The Bertz CT molecular complexity index is 1290. The number of carbonyl (C=O) groups excluding carboxylic acids is 3. The first-order chi connectivity index (χ1) is 16.5. The van der Waals surface area contributed by atoms with Gasteiger partial charge in [-0.15, -0.1) is 0 Å². The van der Waals surface area contributed by atoms with Crippen molar-refractivity contribution in [2.45, 2.75) is 19.5 Å². The molecule has 1 atom stereocenters. The fraction of sp³-hybridized carbons (Fsp3) is 0.208. The molecule has 3 aromatic rings. The molecule has 1 unspecified atom stereocenters. The van der Waals surface area contributed by atoms with E-state index in [4.69, 9.17) is 4.42 Å². The Balaban J connectivity index is 1.51. The Morgan fingerprint density at radius 1 is 1.09 bits per heavy atom. The summed E-state index contributed by atoms with van der Waals surface area (Å²) in [7, 11) is 0. The van der Waals surface area contributed by atoms with Crippen LogP contribution in [0, 0.1) is 18.7 Å². The molecule has 1 aromatic heterocycles. The van der Waals surface area contributed by atoms with E-state index in [-0.39, 0.29) is 30.1 Å². The lowest BCUT2D eigenvalue weighted by atomic mass is 10.1. The number of amides is 3. The smallest absolute Gasteiger partial charge is 0.418 e. The average Bonchev–Trinajstić information content (AvgIpc) is 3.44. The van der Waals surface area contributed by atoms with E-state index in [1.54, 1.807) is 13.0 Å². The molecular formula is C24H19F4N3O4. The van der Waals surface area contributed by atoms with Gasteiger partial charge < -0.3 is 20.0 Å².